The van der Waals surface area contributed by atoms with Crippen LogP contribution >= 0.6 is 0 Å². The van der Waals surface area contributed by atoms with Crippen molar-refractivity contribution >= 4 is 16.6 Å². The summed E-state index contributed by atoms with van der Waals surface area (Å²) in [7, 11) is 0. The Kier molecular flexibility index (Phi) is 3.32. The molecule has 0 N–H and O–H groups in total. The van der Waals surface area contributed by atoms with Gasteiger partial charge in [0.2, 0.25) is 0 Å². The zero-order valence-corrected chi connectivity index (χ0v) is 15.6. The summed E-state index contributed by atoms with van der Waals surface area (Å²) in [5.74, 6) is 0.0954. The van der Waals surface area contributed by atoms with E-state index in [9.17, 15) is 4.79 Å². The second kappa shape index (κ2) is 5.62. The molecule has 27 heavy (non-hydrogen) atoms. The van der Waals surface area contributed by atoms with Gasteiger partial charge in [-0.3, -0.25) is 9.78 Å². The summed E-state index contributed by atoms with van der Waals surface area (Å²) in [6.07, 6.45) is 1.93. The van der Waals surface area contributed by atoms with Crippen molar-refractivity contribution in [3.63, 3.8) is 0 Å². The molecule has 1 aliphatic carbocycles. The van der Waals surface area contributed by atoms with Crippen LogP contribution in [0.3, 0.4) is 0 Å². The van der Waals surface area contributed by atoms with E-state index in [-0.39, 0.29) is 5.78 Å². The number of aromatic nitrogens is 1. The molecule has 2 nitrogen and oxygen atoms in total. The number of hydrogen-bond donors (Lipinski definition) is 0. The third kappa shape index (κ3) is 2.20. The van der Waals surface area contributed by atoms with Gasteiger partial charge in [0, 0.05) is 39.2 Å². The first-order valence-electron chi connectivity index (χ1n) is 9.20. The lowest BCUT2D eigenvalue weighted by molar-refractivity contribution is 0.104. The van der Waals surface area contributed by atoms with Gasteiger partial charge in [-0.2, -0.15) is 0 Å². The van der Waals surface area contributed by atoms with Gasteiger partial charge in [0.15, 0.2) is 5.78 Å². The van der Waals surface area contributed by atoms with Crippen molar-refractivity contribution in [1.29, 1.82) is 0 Å². The molecular formula is C25H19NO. The summed E-state index contributed by atoms with van der Waals surface area (Å²) in [5, 5.41) is 2.06. The largest absolute Gasteiger partial charge is 0.289 e. The summed E-state index contributed by atoms with van der Waals surface area (Å²) in [5.41, 5.74) is 9.35. The van der Waals surface area contributed by atoms with Crippen molar-refractivity contribution in [3.05, 3.63) is 88.6 Å². The maximum Gasteiger partial charge on any atom is 0.194 e. The van der Waals surface area contributed by atoms with Gasteiger partial charge in [0.25, 0.3) is 0 Å². The number of nitrogens with zero attached hydrogens (tertiary/aromatic N) is 1. The van der Waals surface area contributed by atoms with Crippen LogP contribution in [0.15, 0.2) is 60.8 Å². The Morgan fingerprint density at radius 3 is 2.30 bits per heavy atom. The van der Waals surface area contributed by atoms with E-state index in [2.05, 4.69) is 39.0 Å². The fourth-order valence-electron chi connectivity index (χ4n) is 4.26. The molecule has 1 aliphatic rings. The van der Waals surface area contributed by atoms with E-state index in [0.29, 0.717) is 0 Å². The fourth-order valence-corrected chi connectivity index (χ4v) is 4.26. The van der Waals surface area contributed by atoms with Crippen LogP contribution in [0.25, 0.3) is 33.2 Å². The summed E-state index contributed by atoms with van der Waals surface area (Å²) in [6.45, 7) is 6.39. The fraction of sp³-hybridized carbons (Fsp3) is 0.120. The Hall–Kier alpha value is -3.26. The summed E-state index contributed by atoms with van der Waals surface area (Å²) < 4.78 is 0. The van der Waals surface area contributed by atoms with Gasteiger partial charge < -0.3 is 0 Å². The van der Waals surface area contributed by atoms with Crippen LogP contribution in [0.5, 0.6) is 0 Å². The van der Waals surface area contributed by atoms with Crippen LogP contribution in [0.1, 0.15) is 32.6 Å². The van der Waals surface area contributed by atoms with E-state index in [1.807, 2.05) is 42.6 Å². The van der Waals surface area contributed by atoms with Crippen molar-refractivity contribution in [3.8, 4) is 22.4 Å². The van der Waals surface area contributed by atoms with Gasteiger partial charge in [0.05, 0.1) is 5.69 Å². The first-order valence-corrected chi connectivity index (χ1v) is 9.20. The molecule has 0 spiro atoms. The average molecular weight is 349 g/mol. The lowest BCUT2D eigenvalue weighted by Crippen LogP contribution is -2.10. The molecule has 2 heteroatoms. The second-order valence-corrected chi connectivity index (χ2v) is 7.38. The number of ketones is 1. The van der Waals surface area contributed by atoms with Crippen LogP contribution in [0.2, 0.25) is 0 Å². The molecule has 0 aliphatic heterocycles. The maximum atomic E-state index is 13.1. The number of carbonyl (C=O) groups is 1. The first-order chi connectivity index (χ1) is 13.1. The number of rotatable bonds is 1. The van der Waals surface area contributed by atoms with Crippen LogP contribution in [-0.4, -0.2) is 10.8 Å². The van der Waals surface area contributed by atoms with Gasteiger partial charge in [0.1, 0.15) is 0 Å². The topological polar surface area (TPSA) is 30.0 Å². The Morgan fingerprint density at radius 1 is 0.741 bits per heavy atom. The summed E-state index contributed by atoms with van der Waals surface area (Å²) in [4.78, 5) is 18.0. The molecule has 0 radical (unpaired) electrons. The second-order valence-electron chi connectivity index (χ2n) is 7.38. The van der Waals surface area contributed by atoms with Crippen LogP contribution in [0, 0.1) is 20.8 Å². The lowest BCUT2D eigenvalue weighted by atomic mass is 9.82. The van der Waals surface area contributed by atoms with Crippen molar-refractivity contribution in [1.82, 2.24) is 4.98 Å². The minimum atomic E-state index is 0.0954. The zero-order valence-electron chi connectivity index (χ0n) is 15.6. The predicted molar refractivity (Wildman–Crippen MR) is 110 cm³/mol. The third-order valence-corrected chi connectivity index (χ3v) is 5.68. The predicted octanol–water partition coefficient (Wildman–Crippen LogP) is 6.04. The van der Waals surface area contributed by atoms with E-state index < -0.39 is 0 Å². The molecule has 1 heterocycles. The average Bonchev–Trinajstić information content (AvgIpc) is 2.68. The SMILES string of the molecule is Cc1cc(C)c(C)c(-c2ncc3c4c(cccc24)C(=O)c2ccccc2-3)c1. The standard InChI is InChI=1S/C25H19NO/c1-14-11-15(2)16(3)21(12-14)24-19-9-6-10-20-23(19)22(13-26-24)17-7-4-5-8-18(17)25(20)27/h4-13H,1-3H3. The van der Waals surface area contributed by atoms with E-state index in [0.717, 1.165) is 44.3 Å². The highest BCUT2D eigenvalue weighted by molar-refractivity contribution is 6.26. The van der Waals surface area contributed by atoms with Crippen molar-refractivity contribution in [2.24, 2.45) is 0 Å². The van der Waals surface area contributed by atoms with E-state index in [1.165, 1.54) is 16.7 Å². The molecule has 0 atom stereocenters. The Morgan fingerprint density at radius 2 is 1.48 bits per heavy atom. The highest BCUT2D eigenvalue weighted by atomic mass is 16.1. The summed E-state index contributed by atoms with van der Waals surface area (Å²) in [6, 6.07) is 18.2. The Balaban J connectivity index is 1.91. The minimum absolute atomic E-state index is 0.0954. The van der Waals surface area contributed by atoms with Gasteiger partial charge in [-0.15, -0.1) is 0 Å². The summed E-state index contributed by atoms with van der Waals surface area (Å²) >= 11 is 0. The molecule has 3 aromatic carbocycles. The molecule has 4 aromatic rings. The van der Waals surface area contributed by atoms with Crippen LogP contribution < -0.4 is 0 Å². The van der Waals surface area contributed by atoms with Crippen molar-refractivity contribution < 1.29 is 4.79 Å². The molecule has 0 saturated heterocycles. The lowest BCUT2D eigenvalue weighted by Gasteiger charge is -2.21. The molecule has 5 rings (SSSR count). The zero-order chi connectivity index (χ0) is 18.7. The Labute approximate surface area is 158 Å². The van der Waals surface area contributed by atoms with E-state index in [4.69, 9.17) is 4.98 Å². The first kappa shape index (κ1) is 16.0. The number of benzene rings is 3. The molecule has 0 fully saturated rings. The molecule has 130 valence electrons. The van der Waals surface area contributed by atoms with Gasteiger partial charge in [-0.05, 0) is 43.5 Å². The normalized spacial score (nSPS) is 12.3. The van der Waals surface area contributed by atoms with Gasteiger partial charge >= 0.3 is 0 Å². The molecular weight excluding hydrogens is 330 g/mol. The number of carbonyl (C=O) groups excluding carboxylic acids is 1. The van der Waals surface area contributed by atoms with Gasteiger partial charge in [-0.1, -0.05) is 54.1 Å². The monoisotopic (exact) mass is 349 g/mol. The number of fused-ring (bicyclic) bond motifs is 2. The maximum absolute atomic E-state index is 13.1. The number of aryl methyl sites for hydroxylation is 2. The quantitative estimate of drug-likeness (QED) is 0.369. The third-order valence-electron chi connectivity index (χ3n) is 5.68. The van der Waals surface area contributed by atoms with Crippen LogP contribution in [-0.2, 0) is 0 Å². The smallest absolute Gasteiger partial charge is 0.194 e. The molecule has 1 aromatic heterocycles. The van der Waals surface area contributed by atoms with E-state index >= 15 is 0 Å². The number of pyridine rings is 1. The molecule has 0 saturated carbocycles. The van der Waals surface area contributed by atoms with Gasteiger partial charge in [-0.25, -0.2) is 0 Å². The van der Waals surface area contributed by atoms with Crippen molar-refractivity contribution in [2.75, 3.05) is 0 Å². The molecule has 0 bridgehead atoms. The minimum Gasteiger partial charge on any atom is -0.289 e. The van der Waals surface area contributed by atoms with E-state index in [1.54, 1.807) is 0 Å². The number of hydrogen-bond acceptors (Lipinski definition) is 2. The highest BCUT2D eigenvalue weighted by Gasteiger charge is 2.26. The van der Waals surface area contributed by atoms with Crippen LogP contribution in [0.4, 0.5) is 0 Å². The molecule has 0 amide bonds. The molecule has 0 unspecified atom stereocenters. The van der Waals surface area contributed by atoms with Crippen molar-refractivity contribution in [2.45, 2.75) is 20.8 Å². The highest BCUT2D eigenvalue weighted by Crippen LogP contribution is 2.42. The Bertz CT molecular complexity index is 1270.